The van der Waals surface area contributed by atoms with Crippen molar-refractivity contribution in [2.45, 2.75) is 64.8 Å². The van der Waals surface area contributed by atoms with Gasteiger partial charge in [-0.15, -0.1) is 11.3 Å². The van der Waals surface area contributed by atoms with Crippen LogP contribution in [0.3, 0.4) is 0 Å². The van der Waals surface area contributed by atoms with Gasteiger partial charge >= 0.3 is 0 Å². The smallest absolute Gasteiger partial charge is 0.0946 e. The molecule has 0 aliphatic heterocycles. The molecule has 0 aromatic carbocycles. The maximum absolute atomic E-state index is 4.63. The molecule has 1 N–H and O–H groups in total. The summed E-state index contributed by atoms with van der Waals surface area (Å²) in [6, 6.07) is 0.503. The predicted octanol–water partition coefficient (Wildman–Crippen LogP) is 4.25. The van der Waals surface area contributed by atoms with Gasteiger partial charge in [0.25, 0.3) is 0 Å². The largest absolute Gasteiger partial charge is 0.310 e. The van der Waals surface area contributed by atoms with E-state index in [9.17, 15) is 0 Å². The fraction of sp³-hybridized carbons (Fsp3) is 0.688. The molecule has 106 valence electrons. The third kappa shape index (κ3) is 4.73. The SMILES string of the molecule is CCCNC(Cc1nc(C)cs1)C1=CCCCCC1. The molecule has 1 aliphatic rings. The van der Waals surface area contributed by atoms with Crippen molar-refractivity contribution < 1.29 is 0 Å². The quantitative estimate of drug-likeness (QED) is 0.787. The first-order valence-corrected chi connectivity index (χ1v) is 8.51. The molecule has 2 rings (SSSR count). The summed E-state index contributed by atoms with van der Waals surface area (Å²) in [5.41, 5.74) is 2.78. The minimum Gasteiger partial charge on any atom is -0.310 e. The molecule has 19 heavy (non-hydrogen) atoms. The van der Waals surface area contributed by atoms with Crippen molar-refractivity contribution in [1.82, 2.24) is 10.3 Å². The predicted molar refractivity (Wildman–Crippen MR) is 83.8 cm³/mol. The molecule has 0 bridgehead atoms. The van der Waals surface area contributed by atoms with Gasteiger partial charge in [0.05, 0.1) is 5.01 Å². The zero-order valence-corrected chi connectivity index (χ0v) is 13.1. The van der Waals surface area contributed by atoms with Crippen LogP contribution in [-0.2, 0) is 6.42 Å². The van der Waals surface area contributed by atoms with Crippen LogP contribution < -0.4 is 5.32 Å². The Labute approximate surface area is 121 Å². The molecular formula is C16H26N2S. The lowest BCUT2D eigenvalue weighted by Gasteiger charge is -2.20. The summed E-state index contributed by atoms with van der Waals surface area (Å²) in [5, 5.41) is 7.16. The van der Waals surface area contributed by atoms with Gasteiger partial charge in [0, 0.05) is 23.5 Å². The van der Waals surface area contributed by atoms with Gasteiger partial charge in [-0.05, 0) is 45.6 Å². The number of aromatic nitrogens is 1. The number of rotatable bonds is 6. The third-order valence-corrected chi connectivity index (χ3v) is 4.70. The Morgan fingerprint density at radius 2 is 2.26 bits per heavy atom. The summed E-state index contributed by atoms with van der Waals surface area (Å²) >= 11 is 1.80. The van der Waals surface area contributed by atoms with Gasteiger partial charge in [0.2, 0.25) is 0 Å². The molecule has 0 fully saturated rings. The second-order valence-corrected chi connectivity index (χ2v) is 6.41. The van der Waals surface area contributed by atoms with Crippen LogP contribution in [0.4, 0.5) is 0 Å². The van der Waals surface area contributed by atoms with E-state index in [0.717, 1.165) is 18.7 Å². The number of allylic oxidation sites excluding steroid dienone is 1. The minimum absolute atomic E-state index is 0.503. The molecule has 1 aliphatic carbocycles. The summed E-state index contributed by atoms with van der Waals surface area (Å²) in [5.74, 6) is 0. The number of hydrogen-bond donors (Lipinski definition) is 1. The lowest BCUT2D eigenvalue weighted by Crippen LogP contribution is -2.33. The molecule has 1 unspecified atom stereocenters. The zero-order valence-electron chi connectivity index (χ0n) is 12.2. The van der Waals surface area contributed by atoms with Crippen molar-refractivity contribution in [2.75, 3.05) is 6.54 Å². The number of nitrogens with one attached hydrogen (secondary N) is 1. The molecule has 3 heteroatoms. The Morgan fingerprint density at radius 1 is 1.37 bits per heavy atom. The molecular weight excluding hydrogens is 252 g/mol. The van der Waals surface area contributed by atoms with E-state index in [4.69, 9.17) is 0 Å². The van der Waals surface area contributed by atoms with E-state index in [1.54, 1.807) is 16.9 Å². The van der Waals surface area contributed by atoms with E-state index >= 15 is 0 Å². The highest BCUT2D eigenvalue weighted by atomic mass is 32.1. The normalized spacial score (nSPS) is 17.9. The topological polar surface area (TPSA) is 24.9 Å². The Kier molecular flexibility index (Phi) is 6.05. The summed E-state index contributed by atoms with van der Waals surface area (Å²) in [6.07, 6.45) is 11.4. The van der Waals surface area contributed by atoms with Crippen molar-refractivity contribution in [3.05, 3.63) is 27.7 Å². The number of thiazole rings is 1. The maximum atomic E-state index is 4.63. The average Bonchev–Trinajstić information content (AvgIpc) is 2.67. The number of aryl methyl sites for hydroxylation is 1. The highest BCUT2D eigenvalue weighted by Crippen LogP contribution is 2.23. The standard InChI is InChI=1S/C16H26N2S/c1-3-10-17-15(11-16-18-13(2)12-19-16)14-8-6-4-5-7-9-14/h8,12,15,17H,3-7,9-11H2,1-2H3. The van der Waals surface area contributed by atoms with E-state index in [-0.39, 0.29) is 0 Å². The molecule has 1 atom stereocenters. The Bertz CT molecular complexity index is 409. The van der Waals surface area contributed by atoms with Crippen LogP contribution in [0, 0.1) is 6.92 Å². The van der Waals surface area contributed by atoms with E-state index in [1.165, 1.54) is 43.5 Å². The molecule has 1 aromatic rings. The molecule has 2 nitrogen and oxygen atoms in total. The van der Waals surface area contributed by atoms with Crippen molar-refractivity contribution in [1.29, 1.82) is 0 Å². The van der Waals surface area contributed by atoms with Crippen LogP contribution in [-0.4, -0.2) is 17.6 Å². The van der Waals surface area contributed by atoms with Crippen molar-refractivity contribution >= 4 is 11.3 Å². The first kappa shape index (κ1) is 14.7. The molecule has 0 saturated heterocycles. The Morgan fingerprint density at radius 3 is 3.00 bits per heavy atom. The van der Waals surface area contributed by atoms with Gasteiger partial charge < -0.3 is 5.32 Å². The summed E-state index contributed by atoms with van der Waals surface area (Å²) in [4.78, 5) is 4.63. The van der Waals surface area contributed by atoms with Crippen LogP contribution in [0.1, 0.15) is 56.2 Å². The molecule has 1 heterocycles. The fourth-order valence-corrected chi connectivity index (χ4v) is 3.50. The van der Waals surface area contributed by atoms with E-state index < -0.39 is 0 Å². The second kappa shape index (κ2) is 7.81. The highest BCUT2D eigenvalue weighted by Gasteiger charge is 2.17. The molecule has 0 radical (unpaired) electrons. The Balaban J connectivity index is 2.03. The molecule has 0 saturated carbocycles. The summed E-state index contributed by atoms with van der Waals surface area (Å²) in [7, 11) is 0. The second-order valence-electron chi connectivity index (χ2n) is 5.47. The van der Waals surface area contributed by atoms with Gasteiger partial charge in [-0.2, -0.15) is 0 Å². The van der Waals surface area contributed by atoms with Crippen molar-refractivity contribution in [3.8, 4) is 0 Å². The minimum atomic E-state index is 0.503. The Hall–Kier alpha value is -0.670. The maximum Gasteiger partial charge on any atom is 0.0946 e. The van der Waals surface area contributed by atoms with Crippen LogP contribution in [0.2, 0.25) is 0 Å². The van der Waals surface area contributed by atoms with Gasteiger partial charge in [-0.1, -0.05) is 25.0 Å². The molecule has 0 spiro atoms. The van der Waals surface area contributed by atoms with E-state index in [1.807, 2.05) is 0 Å². The van der Waals surface area contributed by atoms with Crippen molar-refractivity contribution in [3.63, 3.8) is 0 Å². The van der Waals surface area contributed by atoms with Gasteiger partial charge in [-0.3, -0.25) is 0 Å². The van der Waals surface area contributed by atoms with Crippen molar-refractivity contribution in [2.24, 2.45) is 0 Å². The van der Waals surface area contributed by atoms with Gasteiger partial charge in [-0.25, -0.2) is 4.98 Å². The number of nitrogens with zero attached hydrogens (tertiary/aromatic N) is 1. The van der Waals surface area contributed by atoms with E-state index in [0.29, 0.717) is 6.04 Å². The van der Waals surface area contributed by atoms with Crippen LogP contribution >= 0.6 is 11.3 Å². The first-order valence-electron chi connectivity index (χ1n) is 7.63. The monoisotopic (exact) mass is 278 g/mol. The third-order valence-electron chi connectivity index (χ3n) is 3.71. The summed E-state index contributed by atoms with van der Waals surface area (Å²) < 4.78 is 0. The molecule has 0 amide bonds. The van der Waals surface area contributed by atoms with E-state index in [2.05, 4.69) is 35.6 Å². The van der Waals surface area contributed by atoms with Crippen LogP contribution in [0.15, 0.2) is 17.0 Å². The lowest BCUT2D eigenvalue weighted by molar-refractivity contribution is 0.542. The average molecular weight is 278 g/mol. The van der Waals surface area contributed by atoms with Crippen LogP contribution in [0.5, 0.6) is 0 Å². The number of hydrogen-bond acceptors (Lipinski definition) is 3. The van der Waals surface area contributed by atoms with Gasteiger partial charge in [0.1, 0.15) is 0 Å². The van der Waals surface area contributed by atoms with Gasteiger partial charge in [0.15, 0.2) is 0 Å². The fourth-order valence-electron chi connectivity index (χ4n) is 2.68. The summed E-state index contributed by atoms with van der Waals surface area (Å²) in [6.45, 7) is 5.42. The zero-order chi connectivity index (χ0) is 13.5. The lowest BCUT2D eigenvalue weighted by atomic mass is 9.99. The van der Waals surface area contributed by atoms with Crippen LogP contribution in [0.25, 0.3) is 0 Å². The molecule has 1 aromatic heterocycles. The first-order chi connectivity index (χ1) is 9.29. The highest BCUT2D eigenvalue weighted by molar-refractivity contribution is 7.09.